The number of pyridine rings is 1. The normalized spacial score (nSPS) is 27.6. The van der Waals surface area contributed by atoms with Gasteiger partial charge < -0.3 is 15.5 Å². The third kappa shape index (κ3) is 1.98. The molecule has 2 aromatic rings. The Bertz CT molecular complexity index is 594. The second-order valence-electron chi connectivity index (χ2n) is 5.58. The lowest BCUT2D eigenvalue weighted by atomic mass is 9.71. The molecule has 1 saturated carbocycles. The predicted molar refractivity (Wildman–Crippen MR) is 74.2 cm³/mol. The molecule has 2 heterocycles. The predicted octanol–water partition coefficient (Wildman–Crippen LogP) is 2.13. The molecule has 0 spiro atoms. The summed E-state index contributed by atoms with van der Waals surface area (Å²) in [6.07, 6.45) is 4.55. The van der Waals surface area contributed by atoms with Crippen molar-refractivity contribution in [2.24, 2.45) is 5.73 Å². The fourth-order valence-corrected chi connectivity index (χ4v) is 2.91. The van der Waals surface area contributed by atoms with E-state index >= 15 is 0 Å². The maximum Gasteiger partial charge on any atom is 0.215 e. The van der Waals surface area contributed by atoms with E-state index in [0.29, 0.717) is 11.5 Å². The van der Waals surface area contributed by atoms with E-state index < -0.39 is 0 Å². The summed E-state index contributed by atoms with van der Waals surface area (Å²) in [6, 6.07) is 3.95. The molecule has 0 amide bonds. The molecule has 0 bridgehead atoms. The Morgan fingerprint density at radius 3 is 2.95 bits per heavy atom. The molecule has 1 fully saturated rings. The second-order valence-corrected chi connectivity index (χ2v) is 5.58. The van der Waals surface area contributed by atoms with Crippen LogP contribution in [0.3, 0.4) is 0 Å². The molecule has 0 aromatic carbocycles. The average Bonchev–Trinajstić information content (AvgIpc) is 2.85. The smallest absolute Gasteiger partial charge is 0.215 e. The Kier molecular flexibility index (Phi) is 2.93. The third-order valence-corrected chi connectivity index (χ3v) is 4.35. The number of H-pyrrole nitrogens is 1. The van der Waals surface area contributed by atoms with E-state index in [4.69, 9.17) is 10.5 Å². The number of nitrogens with zero attached hydrogens (tertiary/aromatic N) is 2. The van der Waals surface area contributed by atoms with Crippen molar-refractivity contribution in [2.75, 3.05) is 7.11 Å². The van der Waals surface area contributed by atoms with Crippen molar-refractivity contribution in [2.45, 2.75) is 44.1 Å². The summed E-state index contributed by atoms with van der Waals surface area (Å²) in [5, 5.41) is 0. The first-order valence-electron chi connectivity index (χ1n) is 6.80. The minimum atomic E-state index is -0.0772. The molecular weight excluding hydrogens is 240 g/mol. The number of fused-ring (bicyclic) bond motifs is 1. The van der Waals surface area contributed by atoms with E-state index in [1.807, 2.05) is 12.1 Å². The Balaban J connectivity index is 2.04. The summed E-state index contributed by atoms with van der Waals surface area (Å²) in [4.78, 5) is 12.4. The lowest BCUT2D eigenvalue weighted by Crippen LogP contribution is -2.46. The van der Waals surface area contributed by atoms with Gasteiger partial charge in [-0.05, 0) is 18.9 Å². The van der Waals surface area contributed by atoms with Gasteiger partial charge in [0.15, 0.2) is 5.65 Å². The maximum atomic E-state index is 6.32. The van der Waals surface area contributed by atoms with Crippen LogP contribution < -0.4 is 10.5 Å². The fraction of sp³-hybridized carbons (Fsp3) is 0.571. The Labute approximate surface area is 112 Å². The van der Waals surface area contributed by atoms with Gasteiger partial charge in [-0.2, -0.15) is 4.98 Å². The molecule has 5 heteroatoms. The van der Waals surface area contributed by atoms with Gasteiger partial charge in [-0.1, -0.05) is 19.8 Å². The number of aromatic amines is 1. The molecule has 5 nitrogen and oxygen atoms in total. The number of rotatable bonds is 2. The van der Waals surface area contributed by atoms with Crippen molar-refractivity contribution in [3.05, 3.63) is 18.0 Å². The van der Waals surface area contributed by atoms with Gasteiger partial charge in [0, 0.05) is 17.5 Å². The summed E-state index contributed by atoms with van der Waals surface area (Å²) >= 11 is 0. The van der Waals surface area contributed by atoms with Crippen LogP contribution in [0.15, 0.2) is 12.1 Å². The van der Waals surface area contributed by atoms with Gasteiger partial charge >= 0.3 is 0 Å². The number of nitrogens with two attached hydrogens (primary N) is 1. The van der Waals surface area contributed by atoms with Gasteiger partial charge in [-0.15, -0.1) is 0 Å². The SMILES string of the molecule is COc1ccc2[nH]c(C3(C)CCCCC3N)nc2n1. The molecule has 3 rings (SSSR count). The Morgan fingerprint density at radius 1 is 1.37 bits per heavy atom. The summed E-state index contributed by atoms with van der Waals surface area (Å²) in [7, 11) is 1.61. The number of ether oxygens (including phenoxy) is 1. The van der Waals surface area contributed by atoms with Gasteiger partial charge in [0.25, 0.3) is 0 Å². The standard InChI is InChI=1S/C14H20N4O/c1-14(8-4-3-5-10(14)15)13-16-9-6-7-11(19-2)17-12(9)18-13/h6-7,10H,3-5,8,15H2,1-2H3,(H,16,17,18). The van der Waals surface area contributed by atoms with Crippen molar-refractivity contribution < 1.29 is 4.74 Å². The van der Waals surface area contributed by atoms with Crippen molar-refractivity contribution in [3.63, 3.8) is 0 Å². The van der Waals surface area contributed by atoms with Gasteiger partial charge in [-0.25, -0.2) is 4.98 Å². The molecular formula is C14H20N4O. The number of hydrogen-bond acceptors (Lipinski definition) is 4. The van der Waals surface area contributed by atoms with Crippen molar-refractivity contribution in [1.82, 2.24) is 15.0 Å². The number of hydrogen-bond donors (Lipinski definition) is 2. The van der Waals surface area contributed by atoms with Crippen LogP contribution in [-0.2, 0) is 5.41 Å². The van der Waals surface area contributed by atoms with Crippen molar-refractivity contribution >= 4 is 11.2 Å². The van der Waals surface area contributed by atoms with Gasteiger partial charge in [-0.3, -0.25) is 0 Å². The third-order valence-electron chi connectivity index (χ3n) is 4.35. The summed E-state index contributed by atoms with van der Waals surface area (Å²) < 4.78 is 5.13. The number of methoxy groups -OCH3 is 1. The van der Waals surface area contributed by atoms with E-state index in [1.54, 1.807) is 7.11 Å². The van der Waals surface area contributed by atoms with Crippen LogP contribution >= 0.6 is 0 Å². The zero-order chi connectivity index (χ0) is 13.5. The Hall–Kier alpha value is -1.62. The number of aromatic nitrogens is 3. The fourth-order valence-electron chi connectivity index (χ4n) is 2.91. The average molecular weight is 260 g/mol. The zero-order valence-corrected chi connectivity index (χ0v) is 11.4. The molecule has 0 radical (unpaired) electrons. The number of nitrogens with one attached hydrogen (secondary N) is 1. The molecule has 2 atom stereocenters. The van der Waals surface area contributed by atoms with E-state index in [-0.39, 0.29) is 11.5 Å². The van der Waals surface area contributed by atoms with Gasteiger partial charge in [0.1, 0.15) is 5.82 Å². The van der Waals surface area contributed by atoms with Crippen LogP contribution in [0.1, 0.15) is 38.4 Å². The second kappa shape index (κ2) is 4.49. The van der Waals surface area contributed by atoms with Crippen LogP contribution in [0, 0.1) is 0 Å². The first-order valence-corrected chi connectivity index (χ1v) is 6.80. The van der Waals surface area contributed by atoms with Crippen LogP contribution in [0.5, 0.6) is 5.88 Å². The van der Waals surface area contributed by atoms with Crippen LogP contribution in [0.2, 0.25) is 0 Å². The molecule has 102 valence electrons. The first-order chi connectivity index (χ1) is 9.13. The maximum absolute atomic E-state index is 6.32. The summed E-state index contributed by atoms with van der Waals surface area (Å²) in [5.41, 5.74) is 7.88. The van der Waals surface area contributed by atoms with E-state index in [0.717, 1.165) is 24.2 Å². The lowest BCUT2D eigenvalue weighted by Gasteiger charge is -2.37. The first kappa shape index (κ1) is 12.4. The summed E-state index contributed by atoms with van der Waals surface area (Å²) in [6.45, 7) is 2.20. The topological polar surface area (TPSA) is 76.8 Å². The zero-order valence-electron chi connectivity index (χ0n) is 11.4. The molecule has 3 N–H and O–H groups in total. The van der Waals surface area contributed by atoms with Crippen molar-refractivity contribution in [1.29, 1.82) is 0 Å². The highest BCUT2D eigenvalue weighted by Gasteiger charge is 2.38. The Morgan fingerprint density at radius 2 is 2.21 bits per heavy atom. The molecule has 19 heavy (non-hydrogen) atoms. The monoisotopic (exact) mass is 260 g/mol. The highest BCUT2D eigenvalue weighted by molar-refractivity contribution is 5.71. The molecule has 2 unspecified atom stereocenters. The van der Waals surface area contributed by atoms with E-state index in [2.05, 4.69) is 21.9 Å². The highest BCUT2D eigenvalue weighted by Crippen LogP contribution is 2.37. The molecule has 0 saturated heterocycles. The quantitative estimate of drug-likeness (QED) is 0.867. The minimum absolute atomic E-state index is 0.0772. The van der Waals surface area contributed by atoms with Crippen LogP contribution in [0.4, 0.5) is 0 Å². The summed E-state index contributed by atoms with van der Waals surface area (Å²) in [5.74, 6) is 1.54. The van der Waals surface area contributed by atoms with Crippen LogP contribution in [0.25, 0.3) is 11.2 Å². The van der Waals surface area contributed by atoms with Crippen molar-refractivity contribution in [3.8, 4) is 5.88 Å². The van der Waals surface area contributed by atoms with E-state index in [9.17, 15) is 0 Å². The highest BCUT2D eigenvalue weighted by atomic mass is 16.5. The van der Waals surface area contributed by atoms with Gasteiger partial charge in [0.2, 0.25) is 5.88 Å². The lowest BCUT2D eigenvalue weighted by molar-refractivity contribution is 0.260. The molecule has 0 aliphatic heterocycles. The number of imidazole rings is 1. The largest absolute Gasteiger partial charge is 0.481 e. The van der Waals surface area contributed by atoms with Crippen LogP contribution in [-0.4, -0.2) is 28.1 Å². The molecule has 1 aliphatic rings. The van der Waals surface area contributed by atoms with Gasteiger partial charge in [0.05, 0.1) is 12.6 Å². The molecule has 1 aliphatic carbocycles. The molecule has 2 aromatic heterocycles. The van der Waals surface area contributed by atoms with E-state index in [1.165, 1.54) is 12.8 Å². The minimum Gasteiger partial charge on any atom is -0.481 e.